The molecule has 0 saturated carbocycles. The lowest BCUT2D eigenvalue weighted by Crippen LogP contribution is -2.04. The number of aryl methyl sites for hydroxylation is 2. The average Bonchev–Trinajstić information content (AvgIpc) is 2.35. The minimum absolute atomic E-state index is 0.0805. The molecule has 0 aliphatic carbocycles. The van der Waals surface area contributed by atoms with Crippen LogP contribution in [-0.4, -0.2) is 5.78 Å². The van der Waals surface area contributed by atoms with Crippen molar-refractivity contribution in [1.82, 2.24) is 0 Å². The Morgan fingerprint density at radius 1 is 1.00 bits per heavy atom. The van der Waals surface area contributed by atoms with Gasteiger partial charge in [-0.15, -0.1) is 0 Å². The number of halogens is 1. The zero-order valence-electron chi connectivity index (χ0n) is 10.8. The van der Waals surface area contributed by atoms with Crippen LogP contribution >= 0.6 is 15.9 Å². The molecule has 0 atom stereocenters. The van der Waals surface area contributed by atoms with Gasteiger partial charge in [-0.1, -0.05) is 40.2 Å². The smallest absolute Gasteiger partial charge is 0.193 e. The second kappa shape index (κ2) is 5.07. The Labute approximate surface area is 116 Å². The Morgan fingerprint density at radius 2 is 1.72 bits per heavy atom. The van der Waals surface area contributed by atoms with Crippen LogP contribution in [0.3, 0.4) is 0 Å². The van der Waals surface area contributed by atoms with Gasteiger partial charge in [0.05, 0.1) is 0 Å². The van der Waals surface area contributed by atoms with E-state index in [4.69, 9.17) is 0 Å². The lowest BCUT2D eigenvalue weighted by molar-refractivity contribution is 0.103. The van der Waals surface area contributed by atoms with Crippen LogP contribution in [0.4, 0.5) is 0 Å². The van der Waals surface area contributed by atoms with Crippen molar-refractivity contribution in [2.45, 2.75) is 20.8 Å². The third-order valence-corrected chi connectivity index (χ3v) is 4.14. The lowest BCUT2D eigenvalue weighted by atomic mass is 9.97. The number of carbonyl (C=O) groups is 1. The average molecular weight is 303 g/mol. The fourth-order valence-electron chi connectivity index (χ4n) is 1.89. The van der Waals surface area contributed by atoms with Gasteiger partial charge < -0.3 is 0 Å². The predicted octanol–water partition coefficient (Wildman–Crippen LogP) is 4.61. The molecule has 2 aromatic carbocycles. The fraction of sp³-hybridized carbons (Fsp3) is 0.188. The standard InChI is InChI=1S/C16H15BrO/c1-10-7-8-13(9-11(10)2)16(18)14-5-4-6-15(17)12(14)3/h4-9H,1-3H3. The molecule has 1 nitrogen and oxygen atoms in total. The van der Waals surface area contributed by atoms with Crippen LogP contribution in [0.2, 0.25) is 0 Å². The highest BCUT2D eigenvalue weighted by Gasteiger charge is 2.13. The Kier molecular flexibility index (Phi) is 3.67. The first-order valence-corrected chi connectivity index (χ1v) is 6.67. The van der Waals surface area contributed by atoms with E-state index >= 15 is 0 Å². The number of ketones is 1. The van der Waals surface area contributed by atoms with E-state index in [1.807, 2.05) is 57.2 Å². The summed E-state index contributed by atoms with van der Waals surface area (Å²) in [6, 6.07) is 11.6. The Bertz CT molecular complexity index is 614. The van der Waals surface area contributed by atoms with Gasteiger partial charge in [-0.05, 0) is 49.6 Å². The van der Waals surface area contributed by atoms with Crippen LogP contribution in [0.5, 0.6) is 0 Å². The summed E-state index contributed by atoms with van der Waals surface area (Å²) in [6.07, 6.45) is 0. The molecular formula is C16H15BrO. The quantitative estimate of drug-likeness (QED) is 0.741. The number of hydrogen-bond acceptors (Lipinski definition) is 1. The minimum Gasteiger partial charge on any atom is -0.289 e. The van der Waals surface area contributed by atoms with Crippen molar-refractivity contribution in [1.29, 1.82) is 0 Å². The Morgan fingerprint density at radius 3 is 2.39 bits per heavy atom. The van der Waals surface area contributed by atoms with E-state index in [9.17, 15) is 4.79 Å². The largest absolute Gasteiger partial charge is 0.289 e. The van der Waals surface area contributed by atoms with Crippen LogP contribution in [0.1, 0.15) is 32.6 Å². The number of hydrogen-bond donors (Lipinski definition) is 0. The van der Waals surface area contributed by atoms with E-state index < -0.39 is 0 Å². The second-order valence-electron chi connectivity index (χ2n) is 4.54. The normalized spacial score (nSPS) is 10.4. The molecule has 0 unspecified atom stereocenters. The molecule has 2 aromatic rings. The summed E-state index contributed by atoms with van der Waals surface area (Å²) >= 11 is 3.46. The molecule has 18 heavy (non-hydrogen) atoms. The van der Waals surface area contributed by atoms with Crippen molar-refractivity contribution in [3.8, 4) is 0 Å². The van der Waals surface area contributed by atoms with Gasteiger partial charge in [0.1, 0.15) is 0 Å². The number of benzene rings is 2. The van der Waals surface area contributed by atoms with Crippen LogP contribution in [0, 0.1) is 20.8 Å². The molecule has 0 aliphatic heterocycles. The Hall–Kier alpha value is -1.41. The van der Waals surface area contributed by atoms with Crippen molar-refractivity contribution in [2.75, 3.05) is 0 Å². The van der Waals surface area contributed by atoms with Gasteiger partial charge in [0.15, 0.2) is 5.78 Å². The summed E-state index contributed by atoms with van der Waals surface area (Å²) in [4.78, 5) is 12.5. The van der Waals surface area contributed by atoms with Gasteiger partial charge in [-0.3, -0.25) is 4.79 Å². The van der Waals surface area contributed by atoms with Crippen LogP contribution in [-0.2, 0) is 0 Å². The molecule has 0 aliphatic rings. The summed E-state index contributed by atoms with van der Waals surface area (Å²) < 4.78 is 0.970. The first-order valence-electron chi connectivity index (χ1n) is 5.88. The highest BCUT2D eigenvalue weighted by atomic mass is 79.9. The van der Waals surface area contributed by atoms with Crippen LogP contribution in [0.15, 0.2) is 40.9 Å². The number of rotatable bonds is 2. The van der Waals surface area contributed by atoms with Crippen molar-refractivity contribution in [3.63, 3.8) is 0 Å². The summed E-state index contributed by atoms with van der Waals surface area (Å²) in [5.41, 5.74) is 4.85. The molecular weight excluding hydrogens is 288 g/mol. The topological polar surface area (TPSA) is 17.1 Å². The molecule has 0 heterocycles. The zero-order valence-corrected chi connectivity index (χ0v) is 12.3. The van der Waals surface area contributed by atoms with E-state index in [0.717, 1.165) is 26.7 Å². The van der Waals surface area contributed by atoms with Gasteiger partial charge in [0.25, 0.3) is 0 Å². The van der Waals surface area contributed by atoms with E-state index in [-0.39, 0.29) is 5.78 Å². The fourth-order valence-corrected chi connectivity index (χ4v) is 2.26. The molecule has 0 fully saturated rings. The third-order valence-electron chi connectivity index (χ3n) is 3.28. The second-order valence-corrected chi connectivity index (χ2v) is 5.39. The highest BCUT2D eigenvalue weighted by Crippen LogP contribution is 2.22. The van der Waals surface area contributed by atoms with Crippen LogP contribution in [0.25, 0.3) is 0 Å². The summed E-state index contributed by atoms with van der Waals surface area (Å²) in [5, 5.41) is 0. The van der Waals surface area contributed by atoms with Crippen LogP contribution < -0.4 is 0 Å². The molecule has 0 spiro atoms. The maximum absolute atomic E-state index is 12.5. The monoisotopic (exact) mass is 302 g/mol. The van der Waals surface area contributed by atoms with Crippen molar-refractivity contribution >= 4 is 21.7 Å². The van der Waals surface area contributed by atoms with Gasteiger partial charge >= 0.3 is 0 Å². The van der Waals surface area contributed by atoms with E-state index in [1.165, 1.54) is 5.56 Å². The van der Waals surface area contributed by atoms with Gasteiger partial charge in [-0.25, -0.2) is 0 Å². The zero-order chi connectivity index (χ0) is 13.3. The summed E-state index contributed by atoms with van der Waals surface area (Å²) in [6.45, 7) is 6.03. The molecule has 0 amide bonds. The lowest BCUT2D eigenvalue weighted by Gasteiger charge is -2.08. The molecule has 0 bridgehead atoms. The third kappa shape index (κ3) is 2.39. The molecule has 2 heteroatoms. The molecule has 0 saturated heterocycles. The summed E-state index contributed by atoms with van der Waals surface area (Å²) in [5.74, 6) is 0.0805. The highest BCUT2D eigenvalue weighted by molar-refractivity contribution is 9.10. The van der Waals surface area contributed by atoms with Crippen molar-refractivity contribution < 1.29 is 4.79 Å². The Balaban J connectivity index is 2.48. The van der Waals surface area contributed by atoms with Gasteiger partial charge in [0, 0.05) is 15.6 Å². The molecule has 0 N–H and O–H groups in total. The maximum Gasteiger partial charge on any atom is 0.193 e. The van der Waals surface area contributed by atoms with E-state index in [2.05, 4.69) is 15.9 Å². The molecule has 0 radical (unpaired) electrons. The van der Waals surface area contributed by atoms with E-state index in [0.29, 0.717) is 0 Å². The van der Waals surface area contributed by atoms with Gasteiger partial charge in [0.2, 0.25) is 0 Å². The molecule has 92 valence electrons. The minimum atomic E-state index is 0.0805. The molecule has 0 aromatic heterocycles. The first kappa shape index (κ1) is 13.0. The predicted molar refractivity (Wildman–Crippen MR) is 78.2 cm³/mol. The van der Waals surface area contributed by atoms with E-state index in [1.54, 1.807) is 0 Å². The first-order chi connectivity index (χ1) is 8.50. The maximum atomic E-state index is 12.5. The molecule has 2 rings (SSSR count). The summed E-state index contributed by atoms with van der Waals surface area (Å²) in [7, 11) is 0. The van der Waals surface area contributed by atoms with Gasteiger partial charge in [-0.2, -0.15) is 0 Å². The van der Waals surface area contributed by atoms with Crippen molar-refractivity contribution in [2.24, 2.45) is 0 Å². The van der Waals surface area contributed by atoms with Crippen molar-refractivity contribution in [3.05, 3.63) is 68.7 Å². The number of carbonyl (C=O) groups excluding carboxylic acids is 1. The SMILES string of the molecule is Cc1ccc(C(=O)c2cccc(Br)c2C)cc1C.